The molecule has 1 aromatic carbocycles. The summed E-state index contributed by atoms with van der Waals surface area (Å²) < 4.78 is 0. The number of hydrogen-bond acceptors (Lipinski definition) is 5. The molecule has 6 nitrogen and oxygen atoms in total. The molecule has 0 spiro atoms. The molecule has 1 amide bonds. The molecule has 1 aliphatic rings. The number of ketones is 1. The highest BCUT2D eigenvalue weighted by Gasteiger charge is 2.17. The highest BCUT2D eigenvalue weighted by molar-refractivity contribution is 6.04. The van der Waals surface area contributed by atoms with E-state index in [1.807, 2.05) is 6.07 Å². The van der Waals surface area contributed by atoms with Crippen LogP contribution in [0, 0.1) is 0 Å². The van der Waals surface area contributed by atoms with Gasteiger partial charge in [0.1, 0.15) is 5.82 Å². The predicted molar refractivity (Wildman–Crippen MR) is 103 cm³/mol. The van der Waals surface area contributed by atoms with Gasteiger partial charge < -0.3 is 15.1 Å². The van der Waals surface area contributed by atoms with E-state index in [1.165, 1.54) is 6.92 Å². The molecule has 0 unspecified atom stereocenters. The lowest BCUT2D eigenvalue weighted by Crippen LogP contribution is -2.46. The fourth-order valence-electron chi connectivity index (χ4n) is 2.99. The standard InChI is InChI=1S/C20H24N4O2/c1-3-23-10-12-24(13-11-23)19-9-6-17(14-21-19)20(26)22-18-7-4-16(5-8-18)15(2)25/h4-9,14H,3,10-13H2,1-2H3,(H,22,26). The van der Waals surface area contributed by atoms with Crippen LogP contribution in [0.1, 0.15) is 34.6 Å². The number of aromatic nitrogens is 1. The van der Waals surface area contributed by atoms with Crippen molar-refractivity contribution in [2.45, 2.75) is 13.8 Å². The summed E-state index contributed by atoms with van der Waals surface area (Å²) >= 11 is 0. The van der Waals surface area contributed by atoms with E-state index < -0.39 is 0 Å². The number of Topliss-reactive ketones (excluding diaryl/α,β-unsaturated/α-hetero) is 1. The van der Waals surface area contributed by atoms with Crippen LogP contribution in [-0.2, 0) is 0 Å². The van der Waals surface area contributed by atoms with E-state index in [-0.39, 0.29) is 11.7 Å². The number of anilines is 2. The summed E-state index contributed by atoms with van der Waals surface area (Å²) in [5, 5.41) is 2.83. The summed E-state index contributed by atoms with van der Waals surface area (Å²) in [6, 6.07) is 10.6. The molecule has 2 heterocycles. The topological polar surface area (TPSA) is 65.5 Å². The average Bonchev–Trinajstić information content (AvgIpc) is 2.68. The van der Waals surface area contributed by atoms with Crippen LogP contribution in [0.15, 0.2) is 42.6 Å². The molecule has 2 aromatic rings. The molecule has 26 heavy (non-hydrogen) atoms. The second-order valence-electron chi connectivity index (χ2n) is 6.41. The SMILES string of the molecule is CCN1CCN(c2ccc(C(=O)Nc3ccc(C(C)=O)cc3)cn2)CC1. The first-order chi connectivity index (χ1) is 12.6. The Morgan fingerprint density at radius 3 is 2.19 bits per heavy atom. The zero-order chi connectivity index (χ0) is 18.5. The van der Waals surface area contributed by atoms with Gasteiger partial charge >= 0.3 is 0 Å². The zero-order valence-electron chi connectivity index (χ0n) is 15.2. The Balaban J connectivity index is 1.61. The van der Waals surface area contributed by atoms with Gasteiger partial charge in [-0.2, -0.15) is 0 Å². The molecule has 1 aromatic heterocycles. The zero-order valence-corrected chi connectivity index (χ0v) is 15.2. The maximum Gasteiger partial charge on any atom is 0.257 e. The Morgan fingerprint density at radius 1 is 1.00 bits per heavy atom. The molecule has 1 fully saturated rings. The minimum atomic E-state index is -0.213. The van der Waals surface area contributed by atoms with E-state index in [0.717, 1.165) is 38.5 Å². The number of likely N-dealkylation sites (N-methyl/N-ethyl adjacent to an activating group) is 1. The lowest BCUT2D eigenvalue weighted by Gasteiger charge is -2.34. The van der Waals surface area contributed by atoms with Crippen molar-refractivity contribution in [3.05, 3.63) is 53.7 Å². The largest absolute Gasteiger partial charge is 0.354 e. The van der Waals surface area contributed by atoms with Crippen LogP contribution < -0.4 is 10.2 Å². The monoisotopic (exact) mass is 352 g/mol. The number of rotatable bonds is 5. The molecule has 0 saturated carbocycles. The van der Waals surface area contributed by atoms with Crippen molar-refractivity contribution >= 4 is 23.2 Å². The number of carbonyl (C=O) groups is 2. The number of nitrogens with zero attached hydrogens (tertiary/aromatic N) is 3. The Kier molecular flexibility index (Phi) is 5.63. The van der Waals surface area contributed by atoms with Gasteiger partial charge in [-0.15, -0.1) is 0 Å². The molecule has 0 atom stereocenters. The molecular weight excluding hydrogens is 328 g/mol. The number of nitrogens with one attached hydrogen (secondary N) is 1. The van der Waals surface area contributed by atoms with Gasteiger partial charge in [-0.1, -0.05) is 6.92 Å². The molecule has 0 aliphatic carbocycles. The summed E-state index contributed by atoms with van der Waals surface area (Å²) in [5.41, 5.74) is 1.79. The molecule has 0 bridgehead atoms. The van der Waals surface area contributed by atoms with Gasteiger partial charge in [-0.3, -0.25) is 9.59 Å². The Labute approximate surface area is 153 Å². The molecule has 1 N–H and O–H groups in total. The third-order valence-corrected chi connectivity index (χ3v) is 4.70. The number of hydrogen-bond donors (Lipinski definition) is 1. The number of pyridine rings is 1. The maximum atomic E-state index is 12.4. The molecule has 1 saturated heterocycles. The minimum absolute atomic E-state index is 0.00226. The van der Waals surface area contributed by atoms with E-state index in [9.17, 15) is 9.59 Å². The van der Waals surface area contributed by atoms with Crippen molar-refractivity contribution in [2.75, 3.05) is 42.9 Å². The van der Waals surface area contributed by atoms with Gasteiger partial charge in [0.15, 0.2) is 5.78 Å². The second kappa shape index (κ2) is 8.10. The van der Waals surface area contributed by atoms with Crippen LogP contribution in [0.2, 0.25) is 0 Å². The molecule has 3 rings (SSSR count). The predicted octanol–water partition coefficient (Wildman–Crippen LogP) is 2.68. The molecule has 6 heteroatoms. The van der Waals surface area contributed by atoms with Gasteiger partial charge in [0.05, 0.1) is 5.56 Å². The number of carbonyl (C=O) groups excluding carboxylic acids is 2. The summed E-state index contributed by atoms with van der Waals surface area (Å²) in [5.74, 6) is 0.695. The first-order valence-corrected chi connectivity index (χ1v) is 8.92. The van der Waals surface area contributed by atoms with Crippen molar-refractivity contribution in [2.24, 2.45) is 0 Å². The van der Waals surface area contributed by atoms with Crippen LogP contribution in [0.4, 0.5) is 11.5 Å². The van der Waals surface area contributed by atoms with E-state index >= 15 is 0 Å². The molecule has 0 radical (unpaired) electrons. The smallest absolute Gasteiger partial charge is 0.257 e. The quantitative estimate of drug-likeness (QED) is 0.838. The highest BCUT2D eigenvalue weighted by atomic mass is 16.1. The first-order valence-electron chi connectivity index (χ1n) is 8.92. The van der Waals surface area contributed by atoms with Gasteiger partial charge in [0, 0.05) is 43.6 Å². The van der Waals surface area contributed by atoms with Gasteiger partial charge in [-0.05, 0) is 49.9 Å². The second-order valence-corrected chi connectivity index (χ2v) is 6.41. The fraction of sp³-hybridized carbons (Fsp3) is 0.350. The van der Waals surface area contributed by atoms with Crippen molar-refractivity contribution in [1.29, 1.82) is 0 Å². The Bertz CT molecular complexity index is 763. The van der Waals surface area contributed by atoms with Crippen molar-refractivity contribution in [3.63, 3.8) is 0 Å². The maximum absolute atomic E-state index is 12.4. The summed E-state index contributed by atoms with van der Waals surface area (Å²) in [4.78, 5) is 32.8. The normalized spacial score (nSPS) is 14.9. The van der Waals surface area contributed by atoms with Crippen LogP contribution in [-0.4, -0.2) is 54.3 Å². The highest BCUT2D eigenvalue weighted by Crippen LogP contribution is 2.16. The van der Waals surface area contributed by atoms with Gasteiger partial charge in [0.2, 0.25) is 0 Å². The van der Waals surface area contributed by atoms with Crippen molar-refractivity contribution < 1.29 is 9.59 Å². The van der Waals surface area contributed by atoms with Crippen LogP contribution in [0.5, 0.6) is 0 Å². The van der Waals surface area contributed by atoms with E-state index in [1.54, 1.807) is 36.5 Å². The van der Waals surface area contributed by atoms with E-state index in [4.69, 9.17) is 0 Å². The Hall–Kier alpha value is -2.73. The van der Waals surface area contributed by atoms with Crippen LogP contribution in [0.25, 0.3) is 0 Å². The summed E-state index contributed by atoms with van der Waals surface area (Å²) in [7, 11) is 0. The van der Waals surface area contributed by atoms with Crippen LogP contribution in [0.3, 0.4) is 0 Å². The number of benzene rings is 1. The third-order valence-electron chi connectivity index (χ3n) is 4.70. The first kappa shape index (κ1) is 18.1. The minimum Gasteiger partial charge on any atom is -0.354 e. The van der Waals surface area contributed by atoms with Gasteiger partial charge in [0.25, 0.3) is 5.91 Å². The fourth-order valence-corrected chi connectivity index (χ4v) is 2.99. The van der Waals surface area contributed by atoms with Crippen LogP contribution >= 0.6 is 0 Å². The number of amides is 1. The van der Waals surface area contributed by atoms with Crippen molar-refractivity contribution in [3.8, 4) is 0 Å². The van der Waals surface area contributed by atoms with E-state index in [2.05, 4.69) is 27.0 Å². The molecule has 136 valence electrons. The molecule has 1 aliphatic heterocycles. The lowest BCUT2D eigenvalue weighted by molar-refractivity contribution is 0.101. The Morgan fingerprint density at radius 2 is 1.65 bits per heavy atom. The lowest BCUT2D eigenvalue weighted by atomic mass is 10.1. The van der Waals surface area contributed by atoms with E-state index in [0.29, 0.717) is 16.8 Å². The summed E-state index contributed by atoms with van der Waals surface area (Å²) in [6.45, 7) is 8.75. The molecular formula is C20H24N4O2. The van der Waals surface area contributed by atoms with Crippen molar-refractivity contribution in [1.82, 2.24) is 9.88 Å². The van der Waals surface area contributed by atoms with Gasteiger partial charge in [-0.25, -0.2) is 4.98 Å². The third kappa shape index (κ3) is 4.26. The summed E-state index contributed by atoms with van der Waals surface area (Å²) in [6.07, 6.45) is 1.61. The average molecular weight is 352 g/mol. The number of piperazine rings is 1.